The van der Waals surface area contributed by atoms with Gasteiger partial charge in [-0.2, -0.15) is 5.10 Å². The molecule has 0 amide bonds. The second-order valence-corrected chi connectivity index (χ2v) is 3.40. The monoisotopic (exact) mass is 217 g/mol. The minimum absolute atomic E-state index is 0.127. The van der Waals surface area contributed by atoms with Gasteiger partial charge in [0, 0.05) is 11.8 Å². The van der Waals surface area contributed by atoms with Gasteiger partial charge >= 0.3 is 0 Å². The molecule has 0 aromatic carbocycles. The van der Waals surface area contributed by atoms with Crippen LogP contribution in [0, 0.1) is 0 Å². The molecule has 6 heteroatoms. The molecule has 1 unspecified atom stereocenters. The Hall–Kier alpha value is -2.08. The van der Waals surface area contributed by atoms with Crippen molar-refractivity contribution in [3.8, 4) is 5.82 Å². The summed E-state index contributed by atoms with van der Waals surface area (Å²) in [5.74, 6) is 0.483. The van der Waals surface area contributed by atoms with Crippen LogP contribution in [0.1, 0.15) is 17.3 Å². The molecular formula is C10H11N5O. The molecule has 1 atom stereocenters. The third-order valence-electron chi connectivity index (χ3n) is 2.10. The maximum absolute atomic E-state index is 11.5. The fourth-order valence-electron chi connectivity index (χ4n) is 1.26. The molecule has 16 heavy (non-hydrogen) atoms. The third-order valence-corrected chi connectivity index (χ3v) is 2.10. The van der Waals surface area contributed by atoms with Crippen molar-refractivity contribution in [2.75, 3.05) is 0 Å². The van der Waals surface area contributed by atoms with Crippen LogP contribution in [0.25, 0.3) is 5.82 Å². The Bertz CT molecular complexity index is 474. The van der Waals surface area contributed by atoms with Crippen LogP contribution in [0.2, 0.25) is 0 Å². The summed E-state index contributed by atoms with van der Waals surface area (Å²) in [5, 5.41) is 3.93. The minimum atomic E-state index is -0.515. The van der Waals surface area contributed by atoms with E-state index in [2.05, 4.69) is 15.1 Å². The zero-order chi connectivity index (χ0) is 11.5. The molecule has 0 aliphatic carbocycles. The number of nitrogens with zero attached hydrogens (tertiary/aromatic N) is 4. The summed E-state index contributed by atoms with van der Waals surface area (Å²) >= 11 is 0. The molecule has 2 aromatic rings. The summed E-state index contributed by atoms with van der Waals surface area (Å²) in [4.78, 5) is 19.5. The molecule has 0 spiro atoms. The number of ketones is 1. The molecule has 2 N–H and O–H groups in total. The third kappa shape index (κ3) is 1.96. The lowest BCUT2D eigenvalue weighted by Crippen LogP contribution is -2.26. The molecule has 2 rings (SSSR count). The second kappa shape index (κ2) is 4.19. The van der Waals surface area contributed by atoms with E-state index in [1.165, 1.54) is 23.5 Å². The molecule has 82 valence electrons. The highest BCUT2D eigenvalue weighted by molar-refractivity contribution is 5.99. The predicted molar refractivity (Wildman–Crippen MR) is 57.1 cm³/mol. The van der Waals surface area contributed by atoms with E-state index < -0.39 is 6.04 Å². The van der Waals surface area contributed by atoms with Gasteiger partial charge in [0.1, 0.15) is 12.7 Å². The van der Waals surface area contributed by atoms with Crippen LogP contribution in [-0.4, -0.2) is 31.6 Å². The average Bonchev–Trinajstić information content (AvgIpc) is 2.81. The topological polar surface area (TPSA) is 86.7 Å². The summed E-state index contributed by atoms with van der Waals surface area (Å²) in [6, 6.07) is 2.86. The molecule has 6 nitrogen and oxygen atoms in total. The Morgan fingerprint density at radius 1 is 1.50 bits per heavy atom. The van der Waals surface area contributed by atoms with Crippen molar-refractivity contribution in [1.29, 1.82) is 0 Å². The zero-order valence-corrected chi connectivity index (χ0v) is 8.74. The van der Waals surface area contributed by atoms with Crippen LogP contribution < -0.4 is 5.73 Å². The highest BCUT2D eigenvalue weighted by Crippen LogP contribution is 2.05. The quantitative estimate of drug-likeness (QED) is 0.742. The van der Waals surface area contributed by atoms with Crippen molar-refractivity contribution >= 4 is 5.78 Å². The van der Waals surface area contributed by atoms with Gasteiger partial charge in [-0.3, -0.25) is 4.79 Å². The van der Waals surface area contributed by atoms with Crippen LogP contribution in [0.15, 0.2) is 31.0 Å². The van der Waals surface area contributed by atoms with Crippen molar-refractivity contribution in [1.82, 2.24) is 19.7 Å². The van der Waals surface area contributed by atoms with E-state index in [0.717, 1.165) is 0 Å². The summed E-state index contributed by atoms with van der Waals surface area (Å²) in [5.41, 5.74) is 5.99. The number of carbonyl (C=O) groups excluding carboxylic acids is 1. The van der Waals surface area contributed by atoms with Crippen LogP contribution in [0.4, 0.5) is 0 Å². The molecule has 0 saturated heterocycles. The predicted octanol–water partition coefficient (Wildman–Crippen LogP) is 0.192. The number of aromatic nitrogens is 4. The van der Waals surface area contributed by atoms with Gasteiger partial charge in [0.05, 0.1) is 6.04 Å². The highest BCUT2D eigenvalue weighted by Gasteiger charge is 2.11. The Morgan fingerprint density at radius 3 is 2.81 bits per heavy atom. The van der Waals surface area contributed by atoms with Crippen LogP contribution in [0.5, 0.6) is 0 Å². The summed E-state index contributed by atoms with van der Waals surface area (Å²) in [6.45, 7) is 1.65. The number of pyridine rings is 1. The lowest BCUT2D eigenvalue weighted by atomic mass is 10.1. The number of Topliss-reactive ketones (excluding diaryl/α,β-unsaturated/α-hetero) is 1. The molecule has 2 aromatic heterocycles. The van der Waals surface area contributed by atoms with Crippen molar-refractivity contribution in [3.63, 3.8) is 0 Å². The van der Waals surface area contributed by atoms with Gasteiger partial charge < -0.3 is 5.73 Å². The van der Waals surface area contributed by atoms with Crippen LogP contribution in [-0.2, 0) is 0 Å². The van der Waals surface area contributed by atoms with Gasteiger partial charge in [-0.25, -0.2) is 14.6 Å². The number of nitrogens with two attached hydrogens (primary N) is 1. The largest absolute Gasteiger partial charge is 0.321 e. The standard InChI is InChI=1S/C10H11N5O/c1-7(11)10(16)8-2-3-9(13-4-8)15-6-12-5-14-15/h2-7H,11H2,1H3. The normalized spacial score (nSPS) is 12.4. The lowest BCUT2D eigenvalue weighted by molar-refractivity contribution is 0.0967. The first-order chi connectivity index (χ1) is 7.68. The number of carbonyl (C=O) groups is 1. The van der Waals surface area contributed by atoms with E-state index >= 15 is 0 Å². The first-order valence-corrected chi connectivity index (χ1v) is 4.79. The van der Waals surface area contributed by atoms with E-state index in [1.807, 2.05) is 0 Å². The fraction of sp³-hybridized carbons (Fsp3) is 0.200. The molecule has 0 fully saturated rings. The summed E-state index contributed by atoms with van der Waals surface area (Å²) < 4.78 is 1.51. The molecule has 0 radical (unpaired) electrons. The Morgan fingerprint density at radius 2 is 2.31 bits per heavy atom. The lowest BCUT2D eigenvalue weighted by Gasteiger charge is -2.04. The first-order valence-electron chi connectivity index (χ1n) is 4.79. The van der Waals surface area contributed by atoms with Gasteiger partial charge in [-0.1, -0.05) is 0 Å². The molecule has 0 saturated carbocycles. The minimum Gasteiger partial charge on any atom is -0.321 e. The molecule has 0 aliphatic rings. The Labute approximate surface area is 92.1 Å². The van der Waals surface area contributed by atoms with Gasteiger partial charge in [-0.05, 0) is 19.1 Å². The zero-order valence-electron chi connectivity index (χ0n) is 8.74. The second-order valence-electron chi connectivity index (χ2n) is 3.40. The molecule has 0 bridgehead atoms. The Kier molecular flexibility index (Phi) is 2.74. The van der Waals surface area contributed by atoms with Gasteiger partial charge in [0.25, 0.3) is 0 Å². The van der Waals surface area contributed by atoms with E-state index in [-0.39, 0.29) is 5.78 Å². The molecular weight excluding hydrogens is 206 g/mol. The number of hydrogen-bond donors (Lipinski definition) is 1. The van der Waals surface area contributed by atoms with Crippen molar-refractivity contribution in [2.24, 2.45) is 5.73 Å². The SMILES string of the molecule is CC(N)C(=O)c1ccc(-n2cncn2)nc1. The van der Waals surface area contributed by atoms with E-state index in [0.29, 0.717) is 11.4 Å². The van der Waals surface area contributed by atoms with Crippen LogP contribution in [0.3, 0.4) is 0 Å². The van der Waals surface area contributed by atoms with Crippen molar-refractivity contribution < 1.29 is 4.79 Å². The first kappa shape index (κ1) is 10.4. The van der Waals surface area contributed by atoms with Crippen molar-refractivity contribution in [3.05, 3.63) is 36.5 Å². The van der Waals surface area contributed by atoms with Crippen LogP contribution >= 0.6 is 0 Å². The smallest absolute Gasteiger partial charge is 0.180 e. The van der Waals surface area contributed by atoms with Gasteiger partial charge in [-0.15, -0.1) is 0 Å². The maximum Gasteiger partial charge on any atom is 0.180 e. The van der Waals surface area contributed by atoms with E-state index in [1.54, 1.807) is 19.1 Å². The van der Waals surface area contributed by atoms with E-state index in [4.69, 9.17) is 5.73 Å². The average molecular weight is 217 g/mol. The molecule has 2 heterocycles. The number of rotatable bonds is 3. The van der Waals surface area contributed by atoms with Gasteiger partial charge in [0.2, 0.25) is 0 Å². The van der Waals surface area contributed by atoms with E-state index in [9.17, 15) is 4.79 Å². The van der Waals surface area contributed by atoms with Gasteiger partial charge in [0.15, 0.2) is 11.6 Å². The summed E-state index contributed by atoms with van der Waals surface area (Å²) in [6.07, 6.45) is 4.45. The summed E-state index contributed by atoms with van der Waals surface area (Å²) in [7, 11) is 0. The maximum atomic E-state index is 11.5. The Balaban J connectivity index is 2.27. The number of hydrogen-bond acceptors (Lipinski definition) is 5. The fourth-order valence-corrected chi connectivity index (χ4v) is 1.26. The molecule has 0 aliphatic heterocycles. The highest BCUT2D eigenvalue weighted by atomic mass is 16.1. The van der Waals surface area contributed by atoms with Crippen molar-refractivity contribution in [2.45, 2.75) is 13.0 Å².